The molecule has 3 heteroatoms. The van der Waals surface area contributed by atoms with Crippen molar-refractivity contribution in [2.45, 2.75) is 38.7 Å². The Labute approximate surface area is 102 Å². The first-order valence-electron chi connectivity index (χ1n) is 6.21. The molecule has 0 saturated heterocycles. The topological polar surface area (TPSA) is 40.5 Å². The molecule has 0 aromatic heterocycles. The third-order valence-corrected chi connectivity index (χ3v) is 3.40. The molecule has 0 saturated carbocycles. The lowest BCUT2D eigenvalue weighted by atomic mass is 10.0. The molecule has 1 heterocycles. The van der Waals surface area contributed by atoms with Gasteiger partial charge in [-0.3, -0.25) is 4.79 Å². The van der Waals surface area contributed by atoms with E-state index in [0.717, 1.165) is 36.1 Å². The Morgan fingerprint density at radius 3 is 2.94 bits per heavy atom. The van der Waals surface area contributed by atoms with E-state index >= 15 is 0 Å². The second kappa shape index (κ2) is 4.88. The minimum absolute atomic E-state index is 0.125. The van der Waals surface area contributed by atoms with Gasteiger partial charge in [0.2, 0.25) is 5.91 Å². The van der Waals surface area contributed by atoms with Crippen molar-refractivity contribution in [3.8, 4) is 0 Å². The molecule has 0 aliphatic carbocycles. The highest BCUT2D eigenvalue weighted by Crippen LogP contribution is 2.31. The molecular formula is C14H19NO2. The number of unbranched alkanes of at least 4 members (excludes halogenated alkanes) is 1. The molecule has 0 bridgehead atoms. The van der Waals surface area contributed by atoms with Crippen LogP contribution in [0.3, 0.4) is 0 Å². The van der Waals surface area contributed by atoms with Gasteiger partial charge in [-0.05, 0) is 23.6 Å². The summed E-state index contributed by atoms with van der Waals surface area (Å²) in [5.41, 5.74) is 2.94. The van der Waals surface area contributed by atoms with Crippen molar-refractivity contribution in [3.05, 3.63) is 29.3 Å². The number of benzene rings is 1. The first-order chi connectivity index (χ1) is 8.13. The summed E-state index contributed by atoms with van der Waals surface area (Å²) in [5, 5.41) is 10.0. The summed E-state index contributed by atoms with van der Waals surface area (Å²) in [6, 6.07) is 5.83. The lowest BCUT2D eigenvalue weighted by Crippen LogP contribution is -2.20. The molecule has 1 atom stereocenters. The van der Waals surface area contributed by atoms with Crippen LogP contribution in [0.4, 0.5) is 5.69 Å². The number of hydrogen-bond acceptors (Lipinski definition) is 2. The van der Waals surface area contributed by atoms with Crippen LogP contribution in [-0.2, 0) is 11.2 Å². The van der Waals surface area contributed by atoms with Crippen molar-refractivity contribution in [1.82, 2.24) is 0 Å². The summed E-state index contributed by atoms with van der Waals surface area (Å²) in [7, 11) is 1.79. The van der Waals surface area contributed by atoms with Gasteiger partial charge in [0.05, 0.1) is 12.5 Å². The predicted molar refractivity (Wildman–Crippen MR) is 68.0 cm³/mol. The van der Waals surface area contributed by atoms with Crippen LogP contribution in [0, 0.1) is 0 Å². The number of carbonyl (C=O) groups excluding carboxylic acids is 1. The molecule has 92 valence electrons. The van der Waals surface area contributed by atoms with Crippen LogP contribution in [0.2, 0.25) is 0 Å². The van der Waals surface area contributed by atoms with Gasteiger partial charge in [0.25, 0.3) is 0 Å². The SMILES string of the molecule is CCCCC(O)c1ccc2c(c1)CC(=O)N2C. The summed E-state index contributed by atoms with van der Waals surface area (Å²) in [6.45, 7) is 2.11. The van der Waals surface area contributed by atoms with Crippen molar-refractivity contribution in [2.75, 3.05) is 11.9 Å². The highest BCUT2D eigenvalue weighted by atomic mass is 16.3. The first-order valence-corrected chi connectivity index (χ1v) is 6.21. The standard InChI is InChI=1S/C14H19NO2/c1-3-4-5-13(16)10-6-7-12-11(8-10)9-14(17)15(12)2/h6-8,13,16H,3-5,9H2,1-2H3. The molecule has 0 spiro atoms. The van der Waals surface area contributed by atoms with Crippen molar-refractivity contribution >= 4 is 11.6 Å². The molecule has 0 fully saturated rings. The molecule has 1 aromatic carbocycles. The van der Waals surface area contributed by atoms with Crippen LogP contribution in [0.25, 0.3) is 0 Å². The monoisotopic (exact) mass is 233 g/mol. The molecule has 17 heavy (non-hydrogen) atoms. The van der Waals surface area contributed by atoms with Crippen LogP contribution in [0.1, 0.15) is 43.4 Å². The molecule has 1 aliphatic rings. The Hall–Kier alpha value is -1.35. The van der Waals surface area contributed by atoms with Crippen molar-refractivity contribution in [1.29, 1.82) is 0 Å². The van der Waals surface area contributed by atoms with Gasteiger partial charge >= 0.3 is 0 Å². The molecule has 1 aromatic rings. The largest absolute Gasteiger partial charge is 0.388 e. The zero-order valence-electron chi connectivity index (χ0n) is 10.4. The van der Waals surface area contributed by atoms with Gasteiger partial charge in [-0.1, -0.05) is 31.9 Å². The number of carbonyl (C=O) groups is 1. The van der Waals surface area contributed by atoms with Crippen molar-refractivity contribution in [3.63, 3.8) is 0 Å². The van der Waals surface area contributed by atoms with Crippen LogP contribution in [0.5, 0.6) is 0 Å². The highest BCUT2D eigenvalue weighted by Gasteiger charge is 2.24. The van der Waals surface area contributed by atoms with E-state index in [1.165, 1.54) is 0 Å². The lowest BCUT2D eigenvalue weighted by molar-refractivity contribution is -0.117. The maximum Gasteiger partial charge on any atom is 0.231 e. The second-order valence-electron chi connectivity index (χ2n) is 4.68. The van der Waals surface area contributed by atoms with Crippen LogP contribution in [0.15, 0.2) is 18.2 Å². The number of rotatable bonds is 4. The average molecular weight is 233 g/mol. The Bertz CT molecular complexity index is 428. The van der Waals surface area contributed by atoms with E-state index in [1.54, 1.807) is 11.9 Å². The van der Waals surface area contributed by atoms with Crippen molar-refractivity contribution < 1.29 is 9.90 Å². The zero-order valence-corrected chi connectivity index (χ0v) is 10.4. The number of nitrogens with zero attached hydrogens (tertiary/aromatic N) is 1. The van der Waals surface area contributed by atoms with E-state index in [-0.39, 0.29) is 5.91 Å². The van der Waals surface area contributed by atoms with E-state index in [4.69, 9.17) is 0 Å². The Balaban J connectivity index is 2.18. The van der Waals surface area contributed by atoms with E-state index in [1.807, 2.05) is 18.2 Å². The fraction of sp³-hybridized carbons (Fsp3) is 0.500. The number of aliphatic hydroxyl groups excluding tert-OH is 1. The fourth-order valence-electron chi connectivity index (χ4n) is 2.26. The van der Waals surface area contributed by atoms with Crippen LogP contribution in [-0.4, -0.2) is 18.1 Å². The number of hydrogen-bond donors (Lipinski definition) is 1. The Morgan fingerprint density at radius 2 is 2.24 bits per heavy atom. The van der Waals surface area contributed by atoms with E-state index in [9.17, 15) is 9.90 Å². The molecule has 0 radical (unpaired) electrons. The smallest absolute Gasteiger partial charge is 0.231 e. The third-order valence-electron chi connectivity index (χ3n) is 3.40. The predicted octanol–water partition coefficient (Wildman–Crippen LogP) is 2.43. The summed E-state index contributed by atoms with van der Waals surface area (Å²) < 4.78 is 0. The number of fused-ring (bicyclic) bond motifs is 1. The quantitative estimate of drug-likeness (QED) is 0.867. The molecule has 1 unspecified atom stereocenters. The maximum absolute atomic E-state index is 11.5. The van der Waals surface area contributed by atoms with Gasteiger partial charge in [0.15, 0.2) is 0 Å². The molecule has 2 rings (SSSR count). The lowest BCUT2D eigenvalue weighted by Gasteiger charge is -2.13. The van der Waals surface area contributed by atoms with Gasteiger partial charge in [-0.2, -0.15) is 0 Å². The summed E-state index contributed by atoms with van der Waals surface area (Å²) in [5.74, 6) is 0.125. The van der Waals surface area contributed by atoms with Crippen LogP contribution < -0.4 is 4.90 Å². The average Bonchev–Trinajstić information content (AvgIpc) is 2.61. The summed E-state index contributed by atoms with van der Waals surface area (Å²) in [6.07, 6.45) is 2.96. The first kappa shape index (κ1) is 12.1. The second-order valence-corrected chi connectivity index (χ2v) is 4.68. The number of amides is 1. The van der Waals surface area contributed by atoms with Gasteiger partial charge in [0.1, 0.15) is 0 Å². The number of anilines is 1. The third kappa shape index (κ3) is 2.34. The minimum Gasteiger partial charge on any atom is -0.388 e. The van der Waals surface area contributed by atoms with Gasteiger partial charge < -0.3 is 10.0 Å². The summed E-state index contributed by atoms with van der Waals surface area (Å²) >= 11 is 0. The van der Waals surface area contributed by atoms with E-state index < -0.39 is 6.10 Å². The summed E-state index contributed by atoms with van der Waals surface area (Å²) in [4.78, 5) is 13.2. The van der Waals surface area contributed by atoms with Crippen molar-refractivity contribution in [2.24, 2.45) is 0 Å². The van der Waals surface area contributed by atoms with E-state index in [0.29, 0.717) is 6.42 Å². The molecule has 1 N–H and O–H groups in total. The van der Waals surface area contributed by atoms with Gasteiger partial charge in [0, 0.05) is 12.7 Å². The number of likely N-dealkylation sites (N-methyl/N-ethyl adjacent to an activating group) is 1. The Kier molecular flexibility index (Phi) is 3.48. The molecule has 1 amide bonds. The number of aliphatic hydroxyl groups is 1. The van der Waals surface area contributed by atoms with Gasteiger partial charge in [-0.25, -0.2) is 0 Å². The minimum atomic E-state index is -0.402. The molecule has 1 aliphatic heterocycles. The fourth-order valence-corrected chi connectivity index (χ4v) is 2.26. The maximum atomic E-state index is 11.5. The normalized spacial score (nSPS) is 16.2. The van der Waals surface area contributed by atoms with Crippen LogP contribution >= 0.6 is 0 Å². The zero-order chi connectivity index (χ0) is 12.4. The Morgan fingerprint density at radius 1 is 1.47 bits per heavy atom. The van der Waals surface area contributed by atoms with Gasteiger partial charge in [-0.15, -0.1) is 0 Å². The molecular weight excluding hydrogens is 214 g/mol. The highest BCUT2D eigenvalue weighted by molar-refractivity contribution is 6.00. The van der Waals surface area contributed by atoms with E-state index in [2.05, 4.69) is 6.92 Å². The molecule has 3 nitrogen and oxygen atoms in total.